The summed E-state index contributed by atoms with van der Waals surface area (Å²) >= 11 is 0. The Morgan fingerprint density at radius 1 is 1.15 bits per heavy atom. The summed E-state index contributed by atoms with van der Waals surface area (Å²) in [6.07, 6.45) is 1.64. The van der Waals surface area contributed by atoms with E-state index < -0.39 is 0 Å². The van der Waals surface area contributed by atoms with Crippen LogP contribution in [0.5, 0.6) is 0 Å². The quantitative estimate of drug-likeness (QED) is 0.703. The molecule has 0 radical (unpaired) electrons. The van der Waals surface area contributed by atoms with E-state index in [1.807, 2.05) is 30.0 Å². The number of aromatic nitrogens is 2. The van der Waals surface area contributed by atoms with E-state index in [9.17, 15) is 9.59 Å². The smallest absolute Gasteiger partial charge is 0.298 e. The van der Waals surface area contributed by atoms with Gasteiger partial charge in [-0.25, -0.2) is 0 Å². The second kappa shape index (κ2) is 6.33. The number of carbonyl (C=O) groups is 1. The van der Waals surface area contributed by atoms with Gasteiger partial charge < -0.3 is 18.8 Å². The number of carbonyl (C=O) groups excluding carboxylic acids is 1. The molecule has 26 heavy (non-hydrogen) atoms. The SMILES string of the molecule is Cc1ccc2oc(N3CCN(C(=O)c4cccn(C)c4=O)CC3)nc2c1. The highest BCUT2D eigenvalue weighted by molar-refractivity contribution is 5.94. The van der Waals surface area contributed by atoms with Gasteiger partial charge >= 0.3 is 0 Å². The number of nitrogens with zero attached hydrogens (tertiary/aromatic N) is 4. The number of fused-ring (bicyclic) bond motifs is 1. The zero-order valence-corrected chi connectivity index (χ0v) is 14.8. The molecule has 134 valence electrons. The minimum absolute atomic E-state index is 0.209. The van der Waals surface area contributed by atoms with Crippen molar-refractivity contribution in [2.24, 2.45) is 7.05 Å². The first-order chi connectivity index (χ1) is 12.5. The number of benzene rings is 1. The molecule has 2 aromatic heterocycles. The van der Waals surface area contributed by atoms with Gasteiger partial charge in [-0.2, -0.15) is 4.98 Å². The molecule has 4 rings (SSSR count). The van der Waals surface area contributed by atoms with Gasteiger partial charge in [-0.15, -0.1) is 0 Å². The lowest BCUT2D eigenvalue weighted by Gasteiger charge is -2.33. The van der Waals surface area contributed by atoms with Crippen molar-refractivity contribution in [2.75, 3.05) is 31.1 Å². The van der Waals surface area contributed by atoms with Gasteiger partial charge in [0.15, 0.2) is 5.58 Å². The van der Waals surface area contributed by atoms with Crippen molar-refractivity contribution >= 4 is 23.0 Å². The molecule has 7 nitrogen and oxygen atoms in total. The van der Waals surface area contributed by atoms with E-state index in [1.54, 1.807) is 30.3 Å². The summed E-state index contributed by atoms with van der Waals surface area (Å²) in [6, 6.07) is 9.78. The Balaban J connectivity index is 1.48. The third kappa shape index (κ3) is 2.85. The summed E-state index contributed by atoms with van der Waals surface area (Å²) in [5, 5.41) is 0. The second-order valence-electron chi connectivity index (χ2n) is 6.58. The van der Waals surface area contributed by atoms with Crippen molar-refractivity contribution in [1.82, 2.24) is 14.5 Å². The minimum atomic E-state index is -0.269. The predicted molar refractivity (Wildman–Crippen MR) is 98.5 cm³/mol. The van der Waals surface area contributed by atoms with Gasteiger partial charge in [-0.3, -0.25) is 9.59 Å². The lowest BCUT2D eigenvalue weighted by atomic mass is 10.2. The molecule has 0 N–H and O–H groups in total. The fourth-order valence-electron chi connectivity index (χ4n) is 3.19. The predicted octanol–water partition coefficient (Wildman–Crippen LogP) is 1.80. The topological polar surface area (TPSA) is 71.6 Å². The molecule has 1 aliphatic heterocycles. The first-order valence-electron chi connectivity index (χ1n) is 8.60. The van der Waals surface area contributed by atoms with Crippen LogP contribution in [0.2, 0.25) is 0 Å². The molecule has 0 unspecified atom stereocenters. The van der Waals surface area contributed by atoms with Gasteiger partial charge in [0.05, 0.1) is 0 Å². The van der Waals surface area contributed by atoms with E-state index in [4.69, 9.17) is 4.42 Å². The maximum absolute atomic E-state index is 12.6. The molecule has 1 saturated heterocycles. The Labute approximate surface area is 150 Å². The normalized spacial score (nSPS) is 14.8. The summed E-state index contributed by atoms with van der Waals surface area (Å²) in [6.45, 7) is 4.30. The van der Waals surface area contributed by atoms with Crippen molar-refractivity contribution < 1.29 is 9.21 Å². The van der Waals surface area contributed by atoms with Crippen LogP contribution in [0.1, 0.15) is 15.9 Å². The number of pyridine rings is 1. The largest absolute Gasteiger partial charge is 0.423 e. The van der Waals surface area contributed by atoms with E-state index in [1.165, 1.54) is 4.57 Å². The summed E-state index contributed by atoms with van der Waals surface area (Å²) in [5.74, 6) is -0.223. The minimum Gasteiger partial charge on any atom is -0.423 e. The molecule has 0 bridgehead atoms. The van der Waals surface area contributed by atoms with Gasteiger partial charge in [0.25, 0.3) is 17.5 Å². The molecule has 0 saturated carbocycles. The third-order valence-corrected chi connectivity index (χ3v) is 4.72. The van der Waals surface area contributed by atoms with E-state index in [0.717, 1.165) is 16.7 Å². The molecular weight excluding hydrogens is 332 g/mol. The van der Waals surface area contributed by atoms with Gasteiger partial charge in [0, 0.05) is 39.4 Å². The third-order valence-electron chi connectivity index (χ3n) is 4.72. The number of aryl methyl sites for hydroxylation is 2. The average molecular weight is 352 g/mol. The maximum Gasteiger partial charge on any atom is 0.298 e. The molecule has 0 spiro atoms. The standard InChI is InChI=1S/C19H20N4O3/c1-13-5-6-16-15(12-13)20-19(26-16)23-10-8-22(9-11-23)18(25)14-4-3-7-21(2)17(14)24/h3-7,12H,8-11H2,1-2H3. The highest BCUT2D eigenvalue weighted by Crippen LogP contribution is 2.23. The number of oxazole rings is 1. The molecule has 1 aromatic carbocycles. The number of hydrogen-bond acceptors (Lipinski definition) is 5. The van der Waals surface area contributed by atoms with Crippen LogP contribution in [0.25, 0.3) is 11.1 Å². The van der Waals surface area contributed by atoms with E-state index >= 15 is 0 Å². The van der Waals surface area contributed by atoms with E-state index in [-0.39, 0.29) is 17.0 Å². The molecule has 3 aromatic rings. The number of rotatable bonds is 2. The Morgan fingerprint density at radius 3 is 2.69 bits per heavy atom. The zero-order chi connectivity index (χ0) is 18.3. The van der Waals surface area contributed by atoms with Crippen LogP contribution in [-0.4, -0.2) is 46.5 Å². The average Bonchev–Trinajstić information content (AvgIpc) is 3.07. The Hall–Kier alpha value is -3.09. The van der Waals surface area contributed by atoms with E-state index in [0.29, 0.717) is 32.2 Å². The fourth-order valence-corrected chi connectivity index (χ4v) is 3.19. The van der Waals surface area contributed by atoms with Gasteiger partial charge in [0.1, 0.15) is 11.1 Å². The van der Waals surface area contributed by atoms with Crippen molar-refractivity contribution in [3.05, 3.63) is 58.0 Å². The Morgan fingerprint density at radius 2 is 1.92 bits per heavy atom. The van der Waals surface area contributed by atoms with Crippen LogP contribution in [0.15, 0.2) is 45.7 Å². The first kappa shape index (κ1) is 16.4. The van der Waals surface area contributed by atoms with Crippen molar-refractivity contribution in [3.8, 4) is 0 Å². The highest BCUT2D eigenvalue weighted by atomic mass is 16.4. The van der Waals surface area contributed by atoms with Gasteiger partial charge in [0.2, 0.25) is 0 Å². The van der Waals surface area contributed by atoms with Crippen molar-refractivity contribution in [1.29, 1.82) is 0 Å². The van der Waals surface area contributed by atoms with Gasteiger partial charge in [-0.1, -0.05) is 6.07 Å². The van der Waals surface area contributed by atoms with Crippen molar-refractivity contribution in [3.63, 3.8) is 0 Å². The Kier molecular flexibility index (Phi) is 3.99. The summed E-state index contributed by atoms with van der Waals surface area (Å²) in [7, 11) is 1.64. The van der Waals surface area contributed by atoms with Crippen LogP contribution >= 0.6 is 0 Å². The summed E-state index contributed by atoms with van der Waals surface area (Å²) in [5.41, 5.74) is 2.68. The molecular formula is C19H20N4O3. The van der Waals surface area contributed by atoms with Crippen LogP contribution in [0.3, 0.4) is 0 Å². The maximum atomic E-state index is 12.6. The molecule has 1 amide bonds. The summed E-state index contributed by atoms with van der Waals surface area (Å²) < 4.78 is 7.26. The number of hydrogen-bond donors (Lipinski definition) is 0. The lowest BCUT2D eigenvalue weighted by Crippen LogP contribution is -2.50. The van der Waals surface area contributed by atoms with Crippen LogP contribution < -0.4 is 10.5 Å². The molecule has 0 atom stereocenters. The second-order valence-corrected chi connectivity index (χ2v) is 6.58. The van der Waals surface area contributed by atoms with Gasteiger partial charge in [-0.05, 0) is 36.8 Å². The fraction of sp³-hybridized carbons (Fsp3) is 0.316. The van der Waals surface area contributed by atoms with Crippen molar-refractivity contribution in [2.45, 2.75) is 6.92 Å². The van der Waals surface area contributed by atoms with Crippen LogP contribution in [0.4, 0.5) is 6.01 Å². The molecule has 1 fully saturated rings. The lowest BCUT2D eigenvalue weighted by molar-refractivity contribution is 0.0742. The summed E-state index contributed by atoms with van der Waals surface area (Å²) in [4.78, 5) is 33.1. The molecule has 7 heteroatoms. The monoisotopic (exact) mass is 352 g/mol. The highest BCUT2D eigenvalue weighted by Gasteiger charge is 2.26. The number of amides is 1. The van der Waals surface area contributed by atoms with E-state index in [2.05, 4.69) is 4.98 Å². The molecule has 1 aliphatic rings. The number of anilines is 1. The molecule has 0 aliphatic carbocycles. The van der Waals surface area contributed by atoms with Crippen LogP contribution in [0, 0.1) is 6.92 Å². The zero-order valence-electron chi connectivity index (χ0n) is 14.8. The Bertz CT molecular complexity index is 1030. The van der Waals surface area contributed by atoms with Crippen LogP contribution in [-0.2, 0) is 7.05 Å². The molecule has 3 heterocycles. The first-order valence-corrected chi connectivity index (χ1v) is 8.60. The number of piperazine rings is 1.